The van der Waals surface area contributed by atoms with Crippen molar-refractivity contribution in [3.8, 4) is 0 Å². The van der Waals surface area contributed by atoms with Crippen LogP contribution in [-0.4, -0.2) is 75.7 Å². The van der Waals surface area contributed by atoms with Gasteiger partial charge in [-0.1, -0.05) is 31.7 Å². The third kappa shape index (κ3) is 7.16. The Kier molecular flexibility index (Phi) is 9.85. The molecule has 0 bridgehead atoms. The fraction of sp³-hybridized carbons (Fsp3) is 0.552. The van der Waals surface area contributed by atoms with E-state index in [-0.39, 0.29) is 41.8 Å². The zero-order valence-corrected chi connectivity index (χ0v) is 24.3. The van der Waals surface area contributed by atoms with Crippen LogP contribution in [0.1, 0.15) is 69.1 Å². The number of rotatable bonds is 10. The van der Waals surface area contributed by atoms with Gasteiger partial charge in [0.25, 0.3) is 5.91 Å². The largest absolute Gasteiger partial charge is 0.339 e. The summed E-state index contributed by atoms with van der Waals surface area (Å²) in [5.74, 6) is -0.258. The number of allylic oxidation sites excluding steroid dienone is 5. The highest BCUT2D eigenvalue weighted by Gasteiger charge is 2.33. The summed E-state index contributed by atoms with van der Waals surface area (Å²) in [5, 5.41) is 4.05. The van der Waals surface area contributed by atoms with E-state index in [0.29, 0.717) is 56.1 Å². The molecular weight excluding hydrogens is 530 g/mol. The van der Waals surface area contributed by atoms with Gasteiger partial charge in [0.05, 0.1) is 5.56 Å². The van der Waals surface area contributed by atoms with Gasteiger partial charge in [0, 0.05) is 75.6 Å². The summed E-state index contributed by atoms with van der Waals surface area (Å²) in [5.41, 5.74) is 6.94. The van der Waals surface area contributed by atoms with Crippen LogP contribution in [0.3, 0.4) is 0 Å². The van der Waals surface area contributed by atoms with Gasteiger partial charge in [0.1, 0.15) is 11.7 Å². The summed E-state index contributed by atoms with van der Waals surface area (Å²) in [6.07, 6.45) is 6.88. The van der Waals surface area contributed by atoms with Crippen LogP contribution >= 0.6 is 0 Å². The number of carbonyl (C=O) groups excluding carboxylic acids is 1. The van der Waals surface area contributed by atoms with Crippen molar-refractivity contribution in [3.63, 3.8) is 0 Å². The average Bonchev–Trinajstić information content (AvgIpc) is 3.61. The third-order valence-electron chi connectivity index (χ3n) is 7.81. The van der Waals surface area contributed by atoms with Crippen LogP contribution < -0.4 is 15.5 Å². The number of halogens is 2. The topological polar surface area (TPSA) is 118 Å². The van der Waals surface area contributed by atoms with Gasteiger partial charge in [-0.25, -0.2) is 18.7 Å². The molecule has 0 aliphatic carbocycles. The zero-order valence-electron chi connectivity index (χ0n) is 24.3. The molecule has 2 aromatic rings. The molecule has 0 saturated carbocycles. The van der Waals surface area contributed by atoms with Crippen LogP contribution in [0, 0.1) is 5.92 Å². The van der Waals surface area contributed by atoms with Crippen molar-refractivity contribution in [2.75, 3.05) is 42.5 Å². The van der Waals surface area contributed by atoms with Crippen molar-refractivity contribution in [2.45, 2.75) is 65.0 Å². The molecule has 0 spiro atoms. The molecule has 2 saturated heterocycles. The summed E-state index contributed by atoms with van der Waals surface area (Å²) in [6.45, 7) is 13.9. The van der Waals surface area contributed by atoms with E-state index in [9.17, 15) is 13.6 Å². The summed E-state index contributed by atoms with van der Waals surface area (Å²) >= 11 is 0. The van der Waals surface area contributed by atoms with E-state index in [1.807, 2.05) is 30.6 Å². The number of piperidine rings is 1. The molecule has 0 unspecified atom stereocenters. The van der Waals surface area contributed by atoms with Crippen LogP contribution in [0.2, 0.25) is 0 Å². The first-order chi connectivity index (χ1) is 19.6. The summed E-state index contributed by atoms with van der Waals surface area (Å²) < 4.78 is 33.8. The van der Waals surface area contributed by atoms with Gasteiger partial charge in [0.15, 0.2) is 5.82 Å². The quantitative estimate of drug-likeness (QED) is 0.411. The molecular formula is C29H40F2N8O2. The zero-order chi connectivity index (χ0) is 29.7. The van der Waals surface area contributed by atoms with Gasteiger partial charge < -0.3 is 25.0 Å². The molecule has 222 valence electrons. The van der Waals surface area contributed by atoms with E-state index in [1.54, 1.807) is 0 Å². The Morgan fingerprint density at radius 2 is 1.90 bits per heavy atom. The molecule has 2 atom stereocenters. The number of hydrogen-bond donors (Lipinski definition) is 1. The Hall–Kier alpha value is -3.67. The lowest BCUT2D eigenvalue weighted by atomic mass is 9.99. The summed E-state index contributed by atoms with van der Waals surface area (Å²) in [6, 6.07) is 0.281. The van der Waals surface area contributed by atoms with E-state index < -0.39 is 11.7 Å². The second-order valence-corrected chi connectivity index (χ2v) is 11.0. The molecule has 0 aromatic carbocycles. The fourth-order valence-corrected chi connectivity index (χ4v) is 5.22. The Labute approximate surface area is 240 Å². The van der Waals surface area contributed by atoms with E-state index >= 15 is 0 Å². The highest BCUT2D eigenvalue weighted by Crippen LogP contribution is 2.28. The first-order valence-electron chi connectivity index (χ1n) is 14.2. The second-order valence-electron chi connectivity index (χ2n) is 11.0. The van der Waals surface area contributed by atoms with Gasteiger partial charge in [0.2, 0.25) is 5.95 Å². The minimum absolute atomic E-state index is 0.0156. The van der Waals surface area contributed by atoms with Gasteiger partial charge in [-0.05, 0) is 38.2 Å². The molecule has 2 aliphatic heterocycles. The fourth-order valence-electron chi connectivity index (χ4n) is 5.22. The highest BCUT2D eigenvalue weighted by molar-refractivity contribution is 5.94. The van der Waals surface area contributed by atoms with Crippen molar-refractivity contribution in [3.05, 3.63) is 59.7 Å². The lowest BCUT2D eigenvalue weighted by Gasteiger charge is -2.37. The average molecular weight is 571 g/mol. The maximum atomic E-state index is 14.4. The van der Waals surface area contributed by atoms with E-state index in [2.05, 4.69) is 31.6 Å². The Balaban J connectivity index is 1.34. The number of anilines is 2. The van der Waals surface area contributed by atoms with Crippen molar-refractivity contribution < 1.29 is 18.1 Å². The third-order valence-corrected chi connectivity index (χ3v) is 7.81. The highest BCUT2D eigenvalue weighted by atomic mass is 19.1. The minimum atomic E-state index is -0.650. The molecule has 2 aliphatic rings. The van der Waals surface area contributed by atoms with E-state index in [4.69, 9.17) is 10.3 Å². The number of carbonyl (C=O) groups is 1. The van der Waals surface area contributed by atoms with Crippen molar-refractivity contribution in [1.82, 2.24) is 25.0 Å². The number of hydrogen-bond acceptors (Lipinski definition) is 9. The number of nitrogens with two attached hydrogens (primary N) is 1. The Morgan fingerprint density at radius 3 is 2.49 bits per heavy atom. The van der Waals surface area contributed by atoms with Gasteiger partial charge in [-0.15, -0.1) is 0 Å². The first kappa shape index (κ1) is 30.3. The normalized spacial score (nSPS) is 20.9. The molecule has 2 N–H and O–H groups in total. The van der Waals surface area contributed by atoms with E-state index in [1.165, 1.54) is 25.4 Å². The smallest absolute Gasteiger partial charge is 0.324 e. The van der Waals surface area contributed by atoms with Crippen LogP contribution in [-0.2, 0) is 0 Å². The van der Waals surface area contributed by atoms with Crippen molar-refractivity contribution in [1.29, 1.82) is 0 Å². The SMILES string of the molecule is C=C/C(C)=C(F)\C=C(\F)C[C@H]1CN(c2ncc(C(=O)N(CC)C3CCN(c4nc(C(C)C)no4)CC3)cn2)C[C@@H]1N. The predicted molar refractivity (Wildman–Crippen MR) is 154 cm³/mol. The molecule has 0 radical (unpaired) electrons. The molecule has 10 nitrogen and oxygen atoms in total. The van der Waals surface area contributed by atoms with Crippen LogP contribution in [0.25, 0.3) is 0 Å². The monoisotopic (exact) mass is 570 g/mol. The molecule has 2 aromatic heterocycles. The maximum absolute atomic E-state index is 14.4. The molecule has 4 heterocycles. The Bertz CT molecular complexity index is 1270. The van der Waals surface area contributed by atoms with Crippen molar-refractivity contribution >= 4 is 17.9 Å². The van der Waals surface area contributed by atoms with Gasteiger partial charge in [-0.2, -0.15) is 4.98 Å². The second kappa shape index (κ2) is 13.3. The first-order valence-corrected chi connectivity index (χ1v) is 14.2. The molecule has 12 heteroatoms. The van der Waals surface area contributed by atoms with Crippen LogP contribution in [0.15, 0.2) is 52.9 Å². The predicted octanol–water partition coefficient (Wildman–Crippen LogP) is 4.55. The summed E-state index contributed by atoms with van der Waals surface area (Å²) in [7, 11) is 0. The van der Waals surface area contributed by atoms with Crippen LogP contribution in [0.4, 0.5) is 20.7 Å². The number of nitrogens with zero attached hydrogens (tertiary/aromatic N) is 7. The Morgan fingerprint density at radius 1 is 1.22 bits per heavy atom. The lowest BCUT2D eigenvalue weighted by Crippen LogP contribution is -2.47. The van der Waals surface area contributed by atoms with E-state index in [0.717, 1.165) is 18.9 Å². The molecule has 1 amide bonds. The summed E-state index contributed by atoms with van der Waals surface area (Å²) in [4.78, 5) is 32.5. The molecule has 41 heavy (non-hydrogen) atoms. The number of aromatic nitrogens is 4. The van der Waals surface area contributed by atoms with Crippen molar-refractivity contribution in [2.24, 2.45) is 11.7 Å². The lowest BCUT2D eigenvalue weighted by molar-refractivity contribution is 0.0661. The van der Waals surface area contributed by atoms with Crippen LogP contribution in [0.5, 0.6) is 0 Å². The maximum Gasteiger partial charge on any atom is 0.324 e. The number of amides is 1. The van der Waals surface area contributed by atoms with Gasteiger partial charge >= 0.3 is 6.01 Å². The molecule has 4 rings (SSSR count). The molecule has 2 fully saturated rings. The minimum Gasteiger partial charge on any atom is -0.339 e. The standard InChI is InChI=1S/C29H40F2N8O2/c1-6-19(5)24(31)13-22(30)12-20-16-38(17-25(20)32)28-33-14-21(15-34-28)27(40)39(7-2)23-8-10-37(11-9-23)29-35-26(18(3)4)36-41-29/h6,13-15,18,20,23,25H,1,7-12,16-17,32H2,2-5H3/b22-13+,24-19+/t20-,25-/m0/s1. The van der Waals surface area contributed by atoms with Gasteiger partial charge in [-0.3, -0.25) is 4.79 Å².